The summed E-state index contributed by atoms with van der Waals surface area (Å²) in [6.07, 6.45) is 0.259. The van der Waals surface area contributed by atoms with Gasteiger partial charge in [-0.25, -0.2) is 4.39 Å². The molecule has 1 heterocycles. The Labute approximate surface area is 114 Å². The van der Waals surface area contributed by atoms with Crippen molar-refractivity contribution in [2.45, 2.75) is 6.42 Å². The van der Waals surface area contributed by atoms with Gasteiger partial charge in [0.1, 0.15) is 5.82 Å². The summed E-state index contributed by atoms with van der Waals surface area (Å²) in [7, 11) is 0. The van der Waals surface area contributed by atoms with Crippen LogP contribution in [-0.4, -0.2) is 11.7 Å². The summed E-state index contributed by atoms with van der Waals surface area (Å²) >= 11 is 0. The normalized spacial score (nSPS) is 12.9. The van der Waals surface area contributed by atoms with Gasteiger partial charge in [0, 0.05) is 22.5 Å². The van der Waals surface area contributed by atoms with Crippen LogP contribution < -0.4 is 11.1 Å². The molecule has 4 nitrogen and oxygen atoms in total. The van der Waals surface area contributed by atoms with E-state index < -0.39 is 5.82 Å². The lowest BCUT2D eigenvalue weighted by molar-refractivity contribution is -0.115. The summed E-state index contributed by atoms with van der Waals surface area (Å²) in [6, 6.07) is 8.65. The van der Waals surface area contributed by atoms with E-state index in [1.54, 1.807) is 18.2 Å². The van der Waals surface area contributed by atoms with E-state index >= 15 is 0 Å². The average Bonchev–Trinajstić information content (AvgIpc) is 2.77. The van der Waals surface area contributed by atoms with Crippen molar-refractivity contribution in [3.05, 3.63) is 58.9 Å². The number of ketones is 1. The van der Waals surface area contributed by atoms with Crippen LogP contribution in [0.3, 0.4) is 0 Å². The molecule has 1 amide bonds. The maximum atomic E-state index is 13.0. The molecule has 5 heteroatoms. The monoisotopic (exact) mass is 270 g/mol. The predicted molar refractivity (Wildman–Crippen MR) is 73.0 cm³/mol. The van der Waals surface area contributed by atoms with E-state index in [4.69, 9.17) is 5.73 Å². The highest BCUT2D eigenvalue weighted by Gasteiger charge is 2.20. The predicted octanol–water partition coefficient (Wildman–Crippen LogP) is 2.13. The van der Waals surface area contributed by atoms with Gasteiger partial charge in [-0.2, -0.15) is 0 Å². The van der Waals surface area contributed by atoms with Gasteiger partial charge in [0.2, 0.25) is 5.91 Å². The van der Waals surface area contributed by atoms with Gasteiger partial charge in [-0.3, -0.25) is 9.59 Å². The number of nitrogen functional groups attached to an aromatic ring is 1. The van der Waals surface area contributed by atoms with Crippen LogP contribution in [0.15, 0.2) is 36.4 Å². The first kappa shape index (κ1) is 12.3. The lowest BCUT2D eigenvalue weighted by Gasteiger charge is -2.06. The summed E-state index contributed by atoms with van der Waals surface area (Å²) in [5.74, 6) is -0.863. The molecule has 0 radical (unpaired) electrons. The fourth-order valence-electron chi connectivity index (χ4n) is 2.27. The summed E-state index contributed by atoms with van der Waals surface area (Å²) in [6.45, 7) is 0. The zero-order valence-electron chi connectivity index (χ0n) is 10.4. The largest absolute Gasteiger partial charge is 0.398 e. The van der Waals surface area contributed by atoms with E-state index in [2.05, 4.69) is 5.32 Å². The second kappa shape index (κ2) is 4.45. The maximum Gasteiger partial charge on any atom is 0.228 e. The molecule has 0 atom stereocenters. The minimum Gasteiger partial charge on any atom is -0.398 e. The van der Waals surface area contributed by atoms with Gasteiger partial charge in [0.05, 0.1) is 6.42 Å². The molecule has 3 N–H and O–H groups in total. The van der Waals surface area contributed by atoms with Crippen molar-refractivity contribution in [2.24, 2.45) is 0 Å². The molecule has 2 aromatic rings. The van der Waals surface area contributed by atoms with Crippen LogP contribution in [0, 0.1) is 5.82 Å². The second-order valence-corrected chi connectivity index (χ2v) is 4.66. The number of anilines is 2. The number of hydrogen-bond donors (Lipinski definition) is 2. The summed E-state index contributed by atoms with van der Waals surface area (Å²) in [4.78, 5) is 23.6. The third-order valence-electron chi connectivity index (χ3n) is 3.25. The number of carbonyl (C=O) groups excluding carboxylic acids is 2. The van der Waals surface area contributed by atoms with Crippen molar-refractivity contribution in [1.82, 2.24) is 0 Å². The molecule has 3 rings (SSSR count). The Bertz CT molecular complexity index is 741. The molecular formula is C15H11FN2O2. The summed E-state index contributed by atoms with van der Waals surface area (Å²) < 4.78 is 13.0. The van der Waals surface area contributed by atoms with Gasteiger partial charge in [0.15, 0.2) is 5.78 Å². The number of benzene rings is 2. The van der Waals surface area contributed by atoms with E-state index in [0.717, 1.165) is 17.3 Å². The lowest BCUT2D eigenvalue weighted by atomic mass is 9.99. The number of fused-ring (bicyclic) bond motifs is 1. The van der Waals surface area contributed by atoms with E-state index in [0.29, 0.717) is 5.56 Å². The van der Waals surface area contributed by atoms with Crippen molar-refractivity contribution in [1.29, 1.82) is 0 Å². The van der Waals surface area contributed by atoms with Crippen LogP contribution in [0.5, 0.6) is 0 Å². The topological polar surface area (TPSA) is 72.2 Å². The van der Waals surface area contributed by atoms with E-state index in [-0.39, 0.29) is 29.4 Å². The highest BCUT2D eigenvalue weighted by molar-refractivity contribution is 6.13. The number of halogens is 1. The molecule has 0 fully saturated rings. The highest BCUT2D eigenvalue weighted by atomic mass is 19.1. The molecule has 2 aromatic carbocycles. The smallest absolute Gasteiger partial charge is 0.228 e. The van der Waals surface area contributed by atoms with Gasteiger partial charge < -0.3 is 11.1 Å². The first-order chi connectivity index (χ1) is 9.54. The first-order valence-electron chi connectivity index (χ1n) is 6.07. The highest BCUT2D eigenvalue weighted by Crippen LogP contribution is 2.26. The number of rotatable bonds is 2. The zero-order chi connectivity index (χ0) is 14.3. The Morgan fingerprint density at radius 2 is 2.00 bits per heavy atom. The minimum absolute atomic E-state index is 0.0918. The molecule has 0 aromatic heterocycles. The number of carbonyl (C=O) groups is 2. The Kier molecular flexibility index (Phi) is 2.75. The van der Waals surface area contributed by atoms with Crippen LogP contribution in [0.2, 0.25) is 0 Å². The molecule has 0 bridgehead atoms. The average molecular weight is 270 g/mol. The quantitative estimate of drug-likeness (QED) is 0.648. The van der Waals surface area contributed by atoms with Gasteiger partial charge in [-0.15, -0.1) is 0 Å². The van der Waals surface area contributed by atoms with Crippen LogP contribution in [0.4, 0.5) is 15.8 Å². The standard InChI is InChI=1S/C15H11FN2O2/c16-10-2-3-11(12(17)7-10)15(20)8-1-4-13-9(5-8)6-14(19)18-13/h1-5,7H,6,17H2,(H,18,19). The molecular weight excluding hydrogens is 259 g/mol. The fourth-order valence-corrected chi connectivity index (χ4v) is 2.27. The Hall–Kier alpha value is -2.69. The molecule has 0 aliphatic carbocycles. The van der Waals surface area contributed by atoms with Gasteiger partial charge in [-0.05, 0) is 42.0 Å². The lowest BCUT2D eigenvalue weighted by Crippen LogP contribution is -2.06. The van der Waals surface area contributed by atoms with Crippen LogP contribution in [0.25, 0.3) is 0 Å². The maximum absolute atomic E-state index is 13.0. The van der Waals surface area contributed by atoms with E-state index in [1.807, 2.05) is 0 Å². The molecule has 1 aliphatic rings. The van der Waals surface area contributed by atoms with Crippen LogP contribution in [-0.2, 0) is 11.2 Å². The minimum atomic E-state index is -0.484. The molecule has 1 aliphatic heterocycles. The van der Waals surface area contributed by atoms with Crippen LogP contribution in [0.1, 0.15) is 21.5 Å². The molecule has 20 heavy (non-hydrogen) atoms. The second-order valence-electron chi connectivity index (χ2n) is 4.66. The van der Waals surface area contributed by atoms with Gasteiger partial charge in [-0.1, -0.05) is 0 Å². The van der Waals surface area contributed by atoms with E-state index in [1.165, 1.54) is 12.1 Å². The zero-order valence-corrected chi connectivity index (χ0v) is 10.4. The number of nitrogens with one attached hydrogen (secondary N) is 1. The Morgan fingerprint density at radius 1 is 1.20 bits per heavy atom. The molecule has 0 saturated carbocycles. The van der Waals surface area contributed by atoms with Crippen molar-refractivity contribution in [3.63, 3.8) is 0 Å². The van der Waals surface area contributed by atoms with Crippen molar-refractivity contribution >= 4 is 23.1 Å². The third kappa shape index (κ3) is 2.03. The van der Waals surface area contributed by atoms with Crippen molar-refractivity contribution < 1.29 is 14.0 Å². The number of hydrogen-bond acceptors (Lipinski definition) is 3. The fraction of sp³-hybridized carbons (Fsp3) is 0.0667. The summed E-state index contributed by atoms with van der Waals surface area (Å²) in [5, 5.41) is 2.70. The number of nitrogens with two attached hydrogens (primary N) is 1. The Balaban J connectivity index is 1.99. The summed E-state index contributed by atoms with van der Waals surface area (Å²) in [5.41, 5.74) is 7.95. The SMILES string of the molecule is Nc1cc(F)ccc1C(=O)c1ccc2c(c1)CC(=O)N2. The molecule has 0 unspecified atom stereocenters. The third-order valence-corrected chi connectivity index (χ3v) is 3.25. The van der Waals surface area contributed by atoms with Gasteiger partial charge in [0.25, 0.3) is 0 Å². The van der Waals surface area contributed by atoms with Crippen molar-refractivity contribution in [3.8, 4) is 0 Å². The Morgan fingerprint density at radius 3 is 2.75 bits per heavy atom. The molecule has 100 valence electrons. The van der Waals surface area contributed by atoms with Gasteiger partial charge >= 0.3 is 0 Å². The van der Waals surface area contributed by atoms with Crippen molar-refractivity contribution in [2.75, 3.05) is 11.1 Å². The molecule has 0 saturated heterocycles. The number of amides is 1. The first-order valence-corrected chi connectivity index (χ1v) is 6.07. The van der Waals surface area contributed by atoms with Crippen LogP contribution >= 0.6 is 0 Å². The van der Waals surface area contributed by atoms with E-state index in [9.17, 15) is 14.0 Å². The molecule has 0 spiro atoms.